The van der Waals surface area contributed by atoms with Gasteiger partial charge in [0.25, 0.3) is 0 Å². The summed E-state index contributed by atoms with van der Waals surface area (Å²) >= 11 is 0. The number of anilines is 1. The molecule has 0 radical (unpaired) electrons. The van der Waals surface area contributed by atoms with Crippen molar-refractivity contribution >= 4 is 18.0 Å². The Morgan fingerprint density at radius 3 is 2.76 bits per heavy atom. The van der Waals surface area contributed by atoms with Crippen LogP contribution in [0.3, 0.4) is 0 Å². The molecule has 0 unspecified atom stereocenters. The third-order valence-electron chi connectivity index (χ3n) is 4.26. The molecule has 6 nitrogen and oxygen atoms in total. The van der Waals surface area contributed by atoms with Crippen molar-refractivity contribution in [2.45, 2.75) is 18.9 Å². The van der Waals surface area contributed by atoms with E-state index in [0.29, 0.717) is 17.6 Å². The quantitative estimate of drug-likeness (QED) is 0.754. The van der Waals surface area contributed by atoms with Gasteiger partial charge in [0.15, 0.2) is 0 Å². The maximum Gasteiger partial charge on any atom is 0.328 e. The highest BCUT2D eigenvalue weighted by atomic mass is 16.4. The summed E-state index contributed by atoms with van der Waals surface area (Å²) < 4.78 is 0. The summed E-state index contributed by atoms with van der Waals surface area (Å²) in [5.41, 5.74) is 2.04. The number of carboxylic acids is 1. The minimum Gasteiger partial charge on any atom is -0.478 e. The molecule has 0 bridgehead atoms. The van der Waals surface area contributed by atoms with Crippen LogP contribution in [0.15, 0.2) is 48.8 Å². The van der Waals surface area contributed by atoms with E-state index in [-0.39, 0.29) is 0 Å². The molecule has 1 atom stereocenters. The second-order valence-corrected chi connectivity index (χ2v) is 6.18. The Balaban J connectivity index is 1.45. The summed E-state index contributed by atoms with van der Waals surface area (Å²) in [5, 5.41) is 12.0. The molecule has 2 N–H and O–H groups in total. The van der Waals surface area contributed by atoms with Crippen LogP contribution in [0.5, 0.6) is 0 Å². The summed E-state index contributed by atoms with van der Waals surface area (Å²) in [4.78, 5) is 21.5. The number of benzene rings is 1. The van der Waals surface area contributed by atoms with E-state index in [1.54, 1.807) is 12.4 Å². The van der Waals surface area contributed by atoms with Crippen molar-refractivity contribution in [2.24, 2.45) is 0 Å². The van der Waals surface area contributed by atoms with Gasteiger partial charge < -0.3 is 15.3 Å². The van der Waals surface area contributed by atoms with Crippen LogP contribution in [0.2, 0.25) is 0 Å². The lowest BCUT2D eigenvalue weighted by Gasteiger charge is -2.16. The third-order valence-corrected chi connectivity index (χ3v) is 4.26. The van der Waals surface area contributed by atoms with Crippen LogP contribution in [0.4, 0.5) is 5.95 Å². The van der Waals surface area contributed by atoms with E-state index in [0.717, 1.165) is 38.6 Å². The Hall–Kier alpha value is -2.73. The summed E-state index contributed by atoms with van der Waals surface area (Å²) in [6.07, 6.45) is 7.93. The van der Waals surface area contributed by atoms with Crippen LogP contribution >= 0.6 is 0 Å². The molecule has 1 fully saturated rings. The lowest BCUT2D eigenvalue weighted by atomic mass is 10.1. The SMILES string of the molecule is O=C(O)/C=C/c1cnc(N[C@@H]2CCN(CCc3ccccc3)C2)nc1. The number of nitrogens with zero attached hydrogens (tertiary/aromatic N) is 3. The summed E-state index contributed by atoms with van der Waals surface area (Å²) in [6, 6.07) is 10.9. The first-order valence-electron chi connectivity index (χ1n) is 8.45. The largest absolute Gasteiger partial charge is 0.478 e. The van der Waals surface area contributed by atoms with Gasteiger partial charge in [0.05, 0.1) is 0 Å². The predicted octanol–water partition coefficient (Wildman–Crippen LogP) is 2.30. The van der Waals surface area contributed by atoms with Gasteiger partial charge in [0.1, 0.15) is 0 Å². The molecule has 130 valence electrons. The molecular weight excluding hydrogens is 316 g/mol. The molecule has 0 spiro atoms. The molecule has 0 saturated carbocycles. The number of likely N-dealkylation sites (tertiary alicyclic amines) is 1. The first-order valence-corrected chi connectivity index (χ1v) is 8.45. The molecule has 1 aliphatic rings. The fourth-order valence-corrected chi connectivity index (χ4v) is 2.93. The zero-order valence-electron chi connectivity index (χ0n) is 14.0. The molecule has 1 saturated heterocycles. The van der Waals surface area contributed by atoms with Crippen LogP contribution < -0.4 is 5.32 Å². The Labute approximate surface area is 147 Å². The van der Waals surface area contributed by atoms with Crippen molar-refractivity contribution in [3.8, 4) is 0 Å². The molecule has 1 aromatic carbocycles. The zero-order valence-corrected chi connectivity index (χ0v) is 14.0. The average molecular weight is 338 g/mol. The van der Waals surface area contributed by atoms with Crippen LogP contribution in [0, 0.1) is 0 Å². The van der Waals surface area contributed by atoms with Crippen molar-refractivity contribution in [1.82, 2.24) is 14.9 Å². The Kier molecular flexibility index (Phi) is 5.74. The standard InChI is InChI=1S/C19H22N4O2/c24-18(25)7-6-16-12-20-19(21-13-16)22-17-9-11-23(14-17)10-8-15-4-2-1-3-5-15/h1-7,12-13,17H,8-11,14H2,(H,24,25)(H,20,21,22)/b7-6+/t17-/m1/s1. The predicted molar refractivity (Wildman–Crippen MR) is 97.3 cm³/mol. The molecule has 0 amide bonds. The minimum absolute atomic E-state index is 0.344. The molecule has 0 aliphatic carbocycles. The van der Waals surface area contributed by atoms with E-state index in [1.165, 1.54) is 11.6 Å². The number of carboxylic acid groups (broad SMARTS) is 1. The van der Waals surface area contributed by atoms with E-state index in [2.05, 4.69) is 44.5 Å². The van der Waals surface area contributed by atoms with E-state index in [4.69, 9.17) is 5.11 Å². The normalized spacial score (nSPS) is 17.8. The molecule has 2 heterocycles. The fourth-order valence-electron chi connectivity index (χ4n) is 2.93. The molecule has 6 heteroatoms. The van der Waals surface area contributed by atoms with Crippen LogP contribution in [0.25, 0.3) is 6.08 Å². The maximum absolute atomic E-state index is 10.5. The van der Waals surface area contributed by atoms with Crippen molar-refractivity contribution in [3.63, 3.8) is 0 Å². The van der Waals surface area contributed by atoms with Crippen molar-refractivity contribution in [3.05, 3.63) is 59.9 Å². The topological polar surface area (TPSA) is 78.3 Å². The number of rotatable bonds is 7. The zero-order chi connectivity index (χ0) is 17.5. The van der Waals surface area contributed by atoms with Crippen LogP contribution in [-0.4, -0.2) is 51.6 Å². The summed E-state index contributed by atoms with van der Waals surface area (Å²) in [6.45, 7) is 3.11. The number of aliphatic carboxylic acids is 1. The number of carbonyl (C=O) groups is 1. The molecule has 3 rings (SSSR count). The smallest absolute Gasteiger partial charge is 0.328 e. The van der Waals surface area contributed by atoms with Gasteiger partial charge in [-0.1, -0.05) is 30.3 Å². The Bertz CT molecular complexity index is 716. The number of nitrogens with one attached hydrogen (secondary N) is 1. The van der Waals surface area contributed by atoms with E-state index >= 15 is 0 Å². The van der Waals surface area contributed by atoms with Gasteiger partial charge in [-0.2, -0.15) is 0 Å². The molecule has 1 aromatic heterocycles. The highest BCUT2D eigenvalue weighted by Gasteiger charge is 2.22. The monoisotopic (exact) mass is 338 g/mol. The van der Waals surface area contributed by atoms with Gasteiger partial charge in [0.2, 0.25) is 5.95 Å². The minimum atomic E-state index is -0.983. The van der Waals surface area contributed by atoms with Gasteiger partial charge in [0, 0.05) is 49.7 Å². The van der Waals surface area contributed by atoms with Crippen LogP contribution in [-0.2, 0) is 11.2 Å². The summed E-state index contributed by atoms with van der Waals surface area (Å²) in [7, 11) is 0. The fraction of sp³-hybridized carbons (Fsp3) is 0.316. The van der Waals surface area contributed by atoms with Crippen molar-refractivity contribution in [2.75, 3.05) is 25.0 Å². The van der Waals surface area contributed by atoms with Gasteiger partial charge in [-0.15, -0.1) is 0 Å². The van der Waals surface area contributed by atoms with E-state index in [1.807, 2.05) is 6.07 Å². The Morgan fingerprint density at radius 2 is 2.04 bits per heavy atom. The first kappa shape index (κ1) is 17.1. The second-order valence-electron chi connectivity index (χ2n) is 6.18. The van der Waals surface area contributed by atoms with Gasteiger partial charge in [-0.25, -0.2) is 14.8 Å². The number of hydrogen-bond acceptors (Lipinski definition) is 5. The second kappa shape index (κ2) is 8.39. The van der Waals surface area contributed by atoms with Crippen molar-refractivity contribution < 1.29 is 9.90 Å². The lowest BCUT2D eigenvalue weighted by molar-refractivity contribution is -0.131. The molecular formula is C19H22N4O2. The molecule has 25 heavy (non-hydrogen) atoms. The highest BCUT2D eigenvalue weighted by Crippen LogP contribution is 2.14. The first-order chi connectivity index (χ1) is 12.2. The van der Waals surface area contributed by atoms with Gasteiger partial charge in [-0.3, -0.25) is 0 Å². The van der Waals surface area contributed by atoms with E-state index in [9.17, 15) is 4.79 Å². The average Bonchev–Trinajstić information content (AvgIpc) is 3.08. The number of aromatic nitrogens is 2. The maximum atomic E-state index is 10.5. The lowest BCUT2D eigenvalue weighted by Crippen LogP contribution is -2.28. The Morgan fingerprint density at radius 1 is 1.28 bits per heavy atom. The summed E-state index contributed by atoms with van der Waals surface area (Å²) in [5.74, 6) is -0.397. The van der Waals surface area contributed by atoms with Crippen LogP contribution in [0.1, 0.15) is 17.5 Å². The molecule has 1 aliphatic heterocycles. The third kappa shape index (κ3) is 5.39. The van der Waals surface area contributed by atoms with E-state index < -0.39 is 5.97 Å². The highest BCUT2D eigenvalue weighted by molar-refractivity contribution is 5.85. The van der Waals surface area contributed by atoms with Gasteiger partial charge in [-0.05, 0) is 24.5 Å². The molecule has 2 aromatic rings. The number of hydrogen-bond donors (Lipinski definition) is 2. The van der Waals surface area contributed by atoms with Gasteiger partial charge >= 0.3 is 5.97 Å². The van der Waals surface area contributed by atoms with Crippen molar-refractivity contribution in [1.29, 1.82) is 0 Å².